The van der Waals surface area contributed by atoms with E-state index in [1.165, 1.54) is 7.11 Å². The predicted octanol–water partition coefficient (Wildman–Crippen LogP) is 2.69. The highest BCUT2D eigenvalue weighted by molar-refractivity contribution is 5.89. The predicted molar refractivity (Wildman–Crippen MR) is 92.7 cm³/mol. The number of carbonyl (C=O) groups excluding carboxylic acids is 3. The zero-order valence-corrected chi connectivity index (χ0v) is 15.9. The van der Waals surface area contributed by atoms with E-state index in [2.05, 4.69) is 0 Å². The van der Waals surface area contributed by atoms with Crippen molar-refractivity contribution in [1.29, 1.82) is 0 Å². The van der Waals surface area contributed by atoms with E-state index >= 15 is 0 Å². The van der Waals surface area contributed by atoms with Gasteiger partial charge in [-0.05, 0) is 43.9 Å². The van der Waals surface area contributed by atoms with Crippen LogP contribution >= 0.6 is 0 Å². The van der Waals surface area contributed by atoms with Crippen LogP contribution in [0.25, 0.3) is 0 Å². The van der Waals surface area contributed by atoms with Gasteiger partial charge in [0, 0.05) is 6.54 Å². The van der Waals surface area contributed by atoms with E-state index in [4.69, 9.17) is 9.47 Å². The number of ether oxygens (including phenoxy) is 2. The first-order valence-corrected chi connectivity index (χ1v) is 9.32. The van der Waals surface area contributed by atoms with Crippen molar-refractivity contribution in [3.8, 4) is 0 Å². The summed E-state index contributed by atoms with van der Waals surface area (Å²) in [4.78, 5) is 39.0. The molecule has 6 heteroatoms. The number of methoxy groups -OCH3 is 1. The van der Waals surface area contributed by atoms with E-state index in [0.29, 0.717) is 13.0 Å². The highest BCUT2D eigenvalue weighted by atomic mass is 16.5. The number of hydrogen-bond acceptors (Lipinski definition) is 5. The van der Waals surface area contributed by atoms with Crippen LogP contribution in [-0.2, 0) is 23.9 Å². The van der Waals surface area contributed by atoms with E-state index in [0.717, 1.165) is 32.1 Å². The molecule has 1 saturated heterocycles. The molecule has 1 saturated carbocycles. The van der Waals surface area contributed by atoms with Gasteiger partial charge in [-0.25, -0.2) is 4.79 Å². The number of likely N-dealkylation sites (tertiary alicyclic amines) is 1. The first-order chi connectivity index (χ1) is 11.7. The molecular weight excluding hydrogens is 322 g/mol. The van der Waals surface area contributed by atoms with Gasteiger partial charge in [0.25, 0.3) is 0 Å². The Morgan fingerprint density at radius 1 is 1.08 bits per heavy atom. The first kappa shape index (κ1) is 19.7. The molecule has 6 nitrogen and oxygen atoms in total. The van der Waals surface area contributed by atoms with Crippen LogP contribution in [0.3, 0.4) is 0 Å². The molecule has 0 spiro atoms. The normalized spacial score (nSPS) is 22.7. The summed E-state index contributed by atoms with van der Waals surface area (Å²) in [5, 5.41) is 0. The number of esters is 2. The van der Waals surface area contributed by atoms with Gasteiger partial charge in [0.05, 0.1) is 19.4 Å². The van der Waals surface area contributed by atoms with E-state index in [-0.39, 0.29) is 30.4 Å². The summed E-state index contributed by atoms with van der Waals surface area (Å²) < 4.78 is 10.4. The molecule has 0 aromatic carbocycles. The maximum absolute atomic E-state index is 13.1. The van der Waals surface area contributed by atoms with Gasteiger partial charge in [-0.2, -0.15) is 0 Å². The van der Waals surface area contributed by atoms with Crippen molar-refractivity contribution < 1.29 is 23.9 Å². The van der Waals surface area contributed by atoms with Crippen LogP contribution in [0.2, 0.25) is 0 Å². The lowest BCUT2D eigenvalue weighted by molar-refractivity contribution is -0.158. The van der Waals surface area contributed by atoms with E-state index in [1.54, 1.807) is 4.90 Å². The molecule has 1 amide bonds. The lowest BCUT2D eigenvalue weighted by Crippen LogP contribution is -2.47. The number of rotatable bonds is 5. The second-order valence-electron chi connectivity index (χ2n) is 8.23. The van der Waals surface area contributed by atoms with Gasteiger partial charge in [-0.3, -0.25) is 9.59 Å². The summed E-state index contributed by atoms with van der Waals surface area (Å²) in [6.45, 7) is 6.37. The van der Waals surface area contributed by atoms with Crippen LogP contribution in [0.15, 0.2) is 0 Å². The van der Waals surface area contributed by atoms with E-state index < -0.39 is 17.4 Å². The Hall–Kier alpha value is -1.59. The SMILES string of the molecule is COC(=O)[C@@H]1CCCN1C(=O)[C@@H](CC(=O)OC1CCCC1)C(C)(C)C. The second kappa shape index (κ2) is 8.19. The third-order valence-corrected chi connectivity index (χ3v) is 5.32. The van der Waals surface area contributed by atoms with E-state index in [9.17, 15) is 14.4 Å². The minimum Gasteiger partial charge on any atom is -0.467 e. The minimum atomic E-state index is -0.534. The monoisotopic (exact) mass is 353 g/mol. The summed E-state index contributed by atoms with van der Waals surface area (Å²) >= 11 is 0. The molecule has 0 aromatic heterocycles. The second-order valence-corrected chi connectivity index (χ2v) is 8.23. The van der Waals surface area contributed by atoms with Crippen LogP contribution in [0.1, 0.15) is 65.7 Å². The number of nitrogens with zero attached hydrogens (tertiary/aromatic N) is 1. The molecule has 142 valence electrons. The largest absolute Gasteiger partial charge is 0.467 e. The van der Waals surface area contributed by atoms with Crippen LogP contribution in [0, 0.1) is 11.3 Å². The molecular formula is C19H31NO5. The lowest BCUT2D eigenvalue weighted by Gasteiger charge is -2.34. The van der Waals surface area contributed by atoms with Gasteiger partial charge in [-0.1, -0.05) is 20.8 Å². The summed E-state index contributed by atoms with van der Waals surface area (Å²) in [5.41, 5.74) is -0.394. The summed E-state index contributed by atoms with van der Waals surface area (Å²) in [7, 11) is 1.34. The van der Waals surface area contributed by atoms with Gasteiger partial charge in [-0.15, -0.1) is 0 Å². The Balaban J connectivity index is 2.06. The Labute approximate surface area is 150 Å². The van der Waals surface area contributed by atoms with Crippen LogP contribution in [0.5, 0.6) is 0 Å². The molecule has 0 radical (unpaired) electrons. The Morgan fingerprint density at radius 2 is 1.72 bits per heavy atom. The van der Waals surface area contributed by atoms with Gasteiger partial charge < -0.3 is 14.4 Å². The average Bonchev–Trinajstić information content (AvgIpc) is 3.21. The molecule has 1 aliphatic heterocycles. The fraction of sp³-hybridized carbons (Fsp3) is 0.842. The maximum Gasteiger partial charge on any atom is 0.328 e. The molecule has 1 aliphatic carbocycles. The average molecular weight is 353 g/mol. The Bertz CT molecular complexity index is 504. The van der Waals surface area contributed by atoms with Crippen molar-refractivity contribution in [3.63, 3.8) is 0 Å². The summed E-state index contributed by atoms with van der Waals surface area (Å²) in [6.07, 6.45) is 5.45. The first-order valence-electron chi connectivity index (χ1n) is 9.32. The molecule has 0 unspecified atom stereocenters. The zero-order chi connectivity index (χ0) is 18.6. The molecule has 2 atom stereocenters. The molecule has 0 aromatic rings. The molecule has 1 heterocycles. The number of hydrogen-bond donors (Lipinski definition) is 0. The quantitative estimate of drug-likeness (QED) is 0.711. The van der Waals surface area contributed by atoms with Gasteiger partial charge in [0.15, 0.2) is 0 Å². The van der Waals surface area contributed by atoms with E-state index in [1.807, 2.05) is 20.8 Å². The number of carbonyl (C=O) groups is 3. The fourth-order valence-corrected chi connectivity index (χ4v) is 3.78. The van der Waals surface area contributed by atoms with Crippen molar-refractivity contribution in [3.05, 3.63) is 0 Å². The molecule has 2 rings (SSSR count). The summed E-state index contributed by atoms with van der Waals surface area (Å²) in [6, 6.07) is -0.534. The molecule has 2 fully saturated rings. The lowest BCUT2D eigenvalue weighted by atomic mass is 9.77. The number of amides is 1. The third kappa shape index (κ3) is 4.95. The molecule has 0 bridgehead atoms. The highest BCUT2D eigenvalue weighted by Crippen LogP contribution is 2.34. The zero-order valence-electron chi connectivity index (χ0n) is 15.9. The van der Waals surface area contributed by atoms with Crippen molar-refractivity contribution >= 4 is 17.8 Å². The van der Waals surface area contributed by atoms with Crippen LogP contribution < -0.4 is 0 Å². The minimum absolute atomic E-state index is 0.00201. The van der Waals surface area contributed by atoms with Crippen LogP contribution in [0.4, 0.5) is 0 Å². The van der Waals surface area contributed by atoms with Gasteiger partial charge in [0.1, 0.15) is 12.1 Å². The van der Waals surface area contributed by atoms with Crippen molar-refractivity contribution in [2.24, 2.45) is 11.3 Å². The molecule has 2 aliphatic rings. The van der Waals surface area contributed by atoms with Gasteiger partial charge >= 0.3 is 11.9 Å². The summed E-state index contributed by atoms with van der Waals surface area (Å²) in [5.74, 6) is -1.35. The Morgan fingerprint density at radius 3 is 2.28 bits per heavy atom. The topological polar surface area (TPSA) is 72.9 Å². The third-order valence-electron chi connectivity index (χ3n) is 5.32. The van der Waals surface area contributed by atoms with Gasteiger partial charge in [0.2, 0.25) is 5.91 Å². The molecule has 25 heavy (non-hydrogen) atoms. The van der Waals surface area contributed by atoms with Crippen LogP contribution in [-0.4, -0.2) is 48.5 Å². The Kier molecular flexibility index (Phi) is 6.47. The fourth-order valence-electron chi connectivity index (χ4n) is 3.78. The smallest absolute Gasteiger partial charge is 0.328 e. The van der Waals surface area contributed by atoms with Crippen molar-refractivity contribution in [1.82, 2.24) is 4.90 Å². The van der Waals surface area contributed by atoms with Crippen molar-refractivity contribution in [2.45, 2.75) is 77.9 Å². The molecule has 0 N–H and O–H groups in total. The van der Waals surface area contributed by atoms with Crippen molar-refractivity contribution in [2.75, 3.05) is 13.7 Å². The highest BCUT2D eigenvalue weighted by Gasteiger charge is 2.42. The standard InChI is InChI=1S/C19H31NO5/c1-19(2,3)14(12-16(21)25-13-8-5-6-9-13)17(22)20-11-7-10-15(20)18(23)24-4/h13-15H,5-12H2,1-4H3/t14-,15+/m1/s1. The maximum atomic E-state index is 13.1.